The van der Waals surface area contributed by atoms with Gasteiger partial charge in [0.15, 0.2) is 0 Å². The summed E-state index contributed by atoms with van der Waals surface area (Å²) in [4.78, 5) is 0. The van der Waals surface area contributed by atoms with Crippen LogP contribution in [0.15, 0.2) is 42.5 Å². The first-order chi connectivity index (χ1) is 10.6. The quantitative estimate of drug-likeness (QED) is 0.606. The Morgan fingerprint density at radius 3 is 1.74 bits per heavy atom. The molecule has 0 radical (unpaired) electrons. The van der Waals surface area contributed by atoms with Gasteiger partial charge in [0, 0.05) is 0 Å². The molecule has 0 bridgehead atoms. The van der Waals surface area contributed by atoms with Crippen molar-refractivity contribution >= 4 is 0 Å². The van der Waals surface area contributed by atoms with E-state index in [9.17, 15) is 8.78 Å². The molecule has 0 heterocycles. The first-order valence-corrected chi connectivity index (χ1v) is 8.14. The van der Waals surface area contributed by atoms with E-state index in [-0.39, 0.29) is 22.5 Å². The maximum Gasteiger partial charge on any atom is 0.126 e. The molecule has 0 nitrogen and oxygen atoms in total. The van der Waals surface area contributed by atoms with Crippen molar-refractivity contribution in [1.29, 1.82) is 0 Å². The minimum absolute atomic E-state index is 0.0277. The molecule has 0 saturated carbocycles. The van der Waals surface area contributed by atoms with Crippen molar-refractivity contribution < 1.29 is 8.78 Å². The van der Waals surface area contributed by atoms with Crippen LogP contribution in [0.25, 0.3) is 0 Å². The van der Waals surface area contributed by atoms with Gasteiger partial charge in [-0.1, -0.05) is 52.0 Å². The fourth-order valence-corrected chi connectivity index (χ4v) is 2.88. The maximum atomic E-state index is 13.5. The van der Waals surface area contributed by atoms with Crippen LogP contribution in [-0.4, -0.2) is 0 Å². The summed E-state index contributed by atoms with van der Waals surface area (Å²) in [5, 5.41) is 0. The van der Waals surface area contributed by atoms with E-state index in [2.05, 4.69) is 27.7 Å². The predicted octanol–water partition coefficient (Wildman–Crippen LogP) is 6.31. The lowest BCUT2D eigenvalue weighted by molar-refractivity contribution is 0.374. The highest BCUT2D eigenvalue weighted by atomic mass is 19.1. The van der Waals surface area contributed by atoms with Crippen molar-refractivity contribution in [2.75, 3.05) is 0 Å². The van der Waals surface area contributed by atoms with E-state index in [1.807, 2.05) is 24.3 Å². The van der Waals surface area contributed by atoms with Crippen LogP contribution >= 0.6 is 0 Å². The van der Waals surface area contributed by atoms with Gasteiger partial charge in [-0.3, -0.25) is 0 Å². The van der Waals surface area contributed by atoms with E-state index in [1.165, 1.54) is 12.1 Å². The van der Waals surface area contributed by atoms with Crippen molar-refractivity contribution in [3.63, 3.8) is 0 Å². The normalized spacial score (nSPS) is 12.5. The topological polar surface area (TPSA) is 0 Å². The van der Waals surface area contributed by atoms with E-state index in [1.54, 1.807) is 13.0 Å². The molecule has 0 fully saturated rings. The number of halogens is 2. The van der Waals surface area contributed by atoms with E-state index >= 15 is 0 Å². The van der Waals surface area contributed by atoms with Crippen LogP contribution in [0.3, 0.4) is 0 Å². The first kappa shape index (κ1) is 17.7. The number of hydrogen-bond donors (Lipinski definition) is 0. The third-order valence-corrected chi connectivity index (χ3v) is 4.94. The fourth-order valence-electron chi connectivity index (χ4n) is 2.88. The average molecular weight is 316 g/mol. The lowest BCUT2D eigenvalue weighted by Gasteiger charge is -2.32. The average Bonchev–Trinajstić information content (AvgIpc) is 2.48. The lowest BCUT2D eigenvalue weighted by Crippen LogP contribution is -2.24. The second-order valence-corrected chi connectivity index (χ2v) is 7.74. The number of rotatable bonds is 5. The highest BCUT2D eigenvalue weighted by molar-refractivity contribution is 5.30. The van der Waals surface area contributed by atoms with Gasteiger partial charge in [0.1, 0.15) is 11.6 Å². The van der Waals surface area contributed by atoms with Crippen molar-refractivity contribution in [2.45, 2.75) is 58.3 Å². The summed E-state index contributed by atoms with van der Waals surface area (Å²) in [6.45, 7) is 10.6. The summed E-state index contributed by atoms with van der Waals surface area (Å²) in [6, 6.07) is 12.1. The zero-order valence-electron chi connectivity index (χ0n) is 14.7. The number of aryl methyl sites for hydroxylation is 1. The van der Waals surface area contributed by atoms with E-state index in [4.69, 9.17) is 0 Å². The Kier molecular flexibility index (Phi) is 4.93. The Balaban J connectivity index is 2.13. The molecular weight excluding hydrogens is 290 g/mol. The van der Waals surface area contributed by atoms with Gasteiger partial charge < -0.3 is 0 Å². The Morgan fingerprint density at radius 1 is 0.739 bits per heavy atom. The summed E-state index contributed by atoms with van der Waals surface area (Å²) in [6.07, 6.45) is 1.95. The Morgan fingerprint density at radius 2 is 1.22 bits per heavy atom. The third kappa shape index (κ3) is 4.19. The highest BCUT2D eigenvalue weighted by Crippen LogP contribution is 2.36. The Hall–Kier alpha value is -1.70. The molecule has 0 N–H and O–H groups in total. The SMILES string of the molecule is Cc1cc(C(C)(C)CCC(C)(C)c2ccc(F)cc2)ccc1F. The van der Waals surface area contributed by atoms with Crippen LogP contribution < -0.4 is 0 Å². The summed E-state index contributed by atoms with van der Waals surface area (Å²) in [5.41, 5.74) is 2.93. The minimum atomic E-state index is -0.202. The molecule has 0 atom stereocenters. The molecule has 0 aromatic heterocycles. The molecule has 2 heteroatoms. The predicted molar refractivity (Wildman–Crippen MR) is 92.8 cm³/mol. The summed E-state index contributed by atoms with van der Waals surface area (Å²) < 4.78 is 26.6. The zero-order chi connectivity index (χ0) is 17.3. The smallest absolute Gasteiger partial charge is 0.126 e. The van der Waals surface area contributed by atoms with Crippen LogP contribution in [0.1, 0.15) is 57.2 Å². The molecule has 124 valence electrons. The van der Waals surface area contributed by atoms with Gasteiger partial charge in [0.25, 0.3) is 0 Å². The molecule has 0 saturated heterocycles. The molecule has 2 rings (SSSR count). The molecule has 0 aliphatic rings. The molecule has 0 amide bonds. The standard InChI is InChI=1S/C21H26F2/c1-15-14-17(8-11-19(15)23)21(4,5)13-12-20(2,3)16-6-9-18(22)10-7-16/h6-11,14H,12-13H2,1-5H3. The first-order valence-electron chi connectivity index (χ1n) is 8.14. The van der Waals surface area contributed by atoms with Crippen molar-refractivity contribution in [1.82, 2.24) is 0 Å². The molecule has 0 aliphatic carbocycles. The molecule has 0 spiro atoms. The highest BCUT2D eigenvalue weighted by Gasteiger charge is 2.27. The Bertz CT molecular complexity index is 667. The number of hydrogen-bond acceptors (Lipinski definition) is 0. The van der Waals surface area contributed by atoms with Crippen LogP contribution in [0, 0.1) is 18.6 Å². The lowest BCUT2D eigenvalue weighted by atomic mass is 9.72. The van der Waals surface area contributed by atoms with Crippen LogP contribution in [-0.2, 0) is 10.8 Å². The van der Waals surface area contributed by atoms with Crippen molar-refractivity contribution in [3.05, 3.63) is 70.8 Å². The summed E-state index contributed by atoms with van der Waals surface area (Å²) >= 11 is 0. The van der Waals surface area contributed by atoms with Crippen molar-refractivity contribution in [3.8, 4) is 0 Å². The number of benzene rings is 2. The molecule has 2 aromatic rings. The molecule has 0 aliphatic heterocycles. The second-order valence-electron chi connectivity index (χ2n) is 7.74. The van der Waals surface area contributed by atoms with E-state index in [0.717, 1.165) is 24.0 Å². The monoisotopic (exact) mass is 316 g/mol. The minimum Gasteiger partial charge on any atom is -0.207 e. The van der Waals surface area contributed by atoms with Gasteiger partial charge in [-0.05, 0) is 65.5 Å². The summed E-state index contributed by atoms with van der Waals surface area (Å²) in [5.74, 6) is -0.358. The van der Waals surface area contributed by atoms with Gasteiger partial charge in [-0.2, -0.15) is 0 Å². The van der Waals surface area contributed by atoms with Gasteiger partial charge in [-0.25, -0.2) is 8.78 Å². The second kappa shape index (κ2) is 6.43. The molecular formula is C21H26F2. The van der Waals surface area contributed by atoms with Crippen molar-refractivity contribution in [2.24, 2.45) is 0 Å². The summed E-state index contributed by atoms with van der Waals surface area (Å²) in [7, 11) is 0. The van der Waals surface area contributed by atoms with Gasteiger partial charge in [-0.15, -0.1) is 0 Å². The van der Waals surface area contributed by atoms with Gasteiger partial charge in [0.05, 0.1) is 0 Å². The van der Waals surface area contributed by atoms with Gasteiger partial charge >= 0.3 is 0 Å². The molecule has 0 unspecified atom stereocenters. The largest absolute Gasteiger partial charge is 0.207 e. The maximum absolute atomic E-state index is 13.5. The van der Waals surface area contributed by atoms with E-state index < -0.39 is 0 Å². The molecule has 23 heavy (non-hydrogen) atoms. The third-order valence-electron chi connectivity index (χ3n) is 4.94. The molecule has 2 aromatic carbocycles. The van der Waals surface area contributed by atoms with Crippen LogP contribution in [0.2, 0.25) is 0 Å². The zero-order valence-corrected chi connectivity index (χ0v) is 14.7. The van der Waals surface area contributed by atoms with E-state index in [0.29, 0.717) is 5.56 Å². The fraction of sp³-hybridized carbons (Fsp3) is 0.429. The van der Waals surface area contributed by atoms with Gasteiger partial charge in [0.2, 0.25) is 0 Å². The Labute approximate surface area is 138 Å². The van der Waals surface area contributed by atoms with Crippen LogP contribution in [0.4, 0.5) is 8.78 Å². The van der Waals surface area contributed by atoms with Crippen LogP contribution in [0.5, 0.6) is 0 Å².